The second-order valence-corrected chi connectivity index (χ2v) is 6.88. The van der Waals surface area contributed by atoms with Crippen molar-refractivity contribution in [1.29, 1.82) is 0 Å². The molecule has 6 nitrogen and oxygen atoms in total. The Morgan fingerprint density at radius 2 is 1.71 bits per heavy atom. The Bertz CT molecular complexity index is 713. The maximum Gasteiger partial charge on any atom is 0.319 e. The van der Waals surface area contributed by atoms with Gasteiger partial charge in [0.25, 0.3) is 0 Å². The van der Waals surface area contributed by atoms with E-state index in [1.54, 1.807) is 0 Å². The minimum atomic E-state index is -0.191. The molecule has 0 bridgehead atoms. The highest BCUT2D eigenvalue weighted by Crippen LogP contribution is 2.17. The van der Waals surface area contributed by atoms with Crippen LogP contribution in [0.5, 0.6) is 5.75 Å². The summed E-state index contributed by atoms with van der Waals surface area (Å²) in [6.07, 6.45) is 1.00. The molecule has 1 fully saturated rings. The summed E-state index contributed by atoms with van der Waals surface area (Å²) >= 11 is 0. The molecule has 2 aromatic carbocycles. The first-order valence-corrected chi connectivity index (χ1v) is 10.0. The molecule has 0 spiro atoms. The lowest BCUT2D eigenvalue weighted by atomic mass is 10.2. The second kappa shape index (κ2) is 10.6. The SMILES string of the molecule is CCNC(=O)Nc1ccc(OCCCN2CCN(c3ccccc3)CC2)cc1. The van der Waals surface area contributed by atoms with Gasteiger partial charge in [0.1, 0.15) is 5.75 Å². The van der Waals surface area contributed by atoms with E-state index in [-0.39, 0.29) is 6.03 Å². The van der Waals surface area contributed by atoms with E-state index in [0.29, 0.717) is 13.2 Å². The number of hydrogen-bond donors (Lipinski definition) is 2. The Kier molecular flexibility index (Phi) is 7.55. The van der Waals surface area contributed by atoms with Crippen molar-refractivity contribution in [2.75, 3.05) is 56.1 Å². The molecule has 0 radical (unpaired) electrons. The molecule has 0 aromatic heterocycles. The van der Waals surface area contributed by atoms with Gasteiger partial charge in [0.15, 0.2) is 0 Å². The van der Waals surface area contributed by atoms with Gasteiger partial charge in [-0.05, 0) is 49.7 Å². The van der Waals surface area contributed by atoms with Crippen LogP contribution in [-0.2, 0) is 0 Å². The molecule has 2 N–H and O–H groups in total. The maximum atomic E-state index is 11.5. The maximum absolute atomic E-state index is 11.5. The van der Waals surface area contributed by atoms with Crippen molar-refractivity contribution in [3.05, 3.63) is 54.6 Å². The molecule has 3 rings (SSSR count). The van der Waals surface area contributed by atoms with Crippen molar-refractivity contribution >= 4 is 17.4 Å². The number of para-hydroxylation sites is 1. The zero-order valence-electron chi connectivity index (χ0n) is 16.6. The van der Waals surface area contributed by atoms with E-state index < -0.39 is 0 Å². The third-order valence-corrected chi connectivity index (χ3v) is 4.83. The highest BCUT2D eigenvalue weighted by Gasteiger charge is 2.16. The van der Waals surface area contributed by atoms with Crippen LogP contribution < -0.4 is 20.3 Å². The highest BCUT2D eigenvalue weighted by atomic mass is 16.5. The predicted molar refractivity (Wildman–Crippen MR) is 114 cm³/mol. The molecule has 6 heteroatoms. The van der Waals surface area contributed by atoms with E-state index in [9.17, 15) is 4.79 Å². The predicted octanol–water partition coefficient (Wildman–Crippen LogP) is 3.42. The average molecular weight is 383 g/mol. The number of carbonyl (C=O) groups excluding carboxylic acids is 1. The van der Waals surface area contributed by atoms with Gasteiger partial charge in [-0.1, -0.05) is 18.2 Å². The van der Waals surface area contributed by atoms with Crippen LogP contribution in [0.4, 0.5) is 16.2 Å². The molecule has 0 aliphatic carbocycles. The van der Waals surface area contributed by atoms with Crippen LogP contribution >= 0.6 is 0 Å². The van der Waals surface area contributed by atoms with Crippen LogP contribution in [0.15, 0.2) is 54.6 Å². The Balaban J connectivity index is 1.31. The van der Waals surface area contributed by atoms with E-state index in [0.717, 1.165) is 50.6 Å². The highest BCUT2D eigenvalue weighted by molar-refractivity contribution is 5.89. The standard InChI is InChI=1S/C22H30N4O2/c1-2-23-22(27)24-19-9-11-21(12-10-19)28-18-6-13-25-14-16-26(17-15-25)20-7-4-3-5-8-20/h3-5,7-12H,2,6,13-18H2,1H3,(H2,23,24,27). The molecule has 2 aromatic rings. The largest absolute Gasteiger partial charge is 0.494 e. The number of nitrogens with zero attached hydrogens (tertiary/aromatic N) is 2. The van der Waals surface area contributed by atoms with Gasteiger partial charge in [0.2, 0.25) is 0 Å². The first-order valence-electron chi connectivity index (χ1n) is 10.0. The third kappa shape index (κ3) is 6.16. The van der Waals surface area contributed by atoms with Crippen LogP contribution in [0, 0.1) is 0 Å². The van der Waals surface area contributed by atoms with Crippen molar-refractivity contribution in [3.63, 3.8) is 0 Å². The monoisotopic (exact) mass is 382 g/mol. The normalized spacial score (nSPS) is 14.5. The van der Waals surface area contributed by atoms with Crippen LogP contribution in [0.25, 0.3) is 0 Å². The van der Waals surface area contributed by atoms with Gasteiger partial charge in [-0.3, -0.25) is 4.90 Å². The van der Waals surface area contributed by atoms with Crippen molar-refractivity contribution in [2.24, 2.45) is 0 Å². The van der Waals surface area contributed by atoms with Gasteiger partial charge < -0.3 is 20.3 Å². The summed E-state index contributed by atoms with van der Waals surface area (Å²) in [6, 6.07) is 17.9. The molecule has 2 amide bonds. The summed E-state index contributed by atoms with van der Waals surface area (Å²) in [5.74, 6) is 0.829. The Hall–Kier alpha value is -2.73. The van der Waals surface area contributed by atoms with Crippen molar-refractivity contribution < 1.29 is 9.53 Å². The second-order valence-electron chi connectivity index (χ2n) is 6.88. The molecular formula is C22H30N4O2. The number of carbonyl (C=O) groups is 1. The van der Waals surface area contributed by atoms with Gasteiger partial charge >= 0.3 is 6.03 Å². The smallest absolute Gasteiger partial charge is 0.319 e. The lowest BCUT2D eigenvalue weighted by Crippen LogP contribution is -2.46. The fourth-order valence-corrected chi connectivity index (χ4v) is 3.32. The molecule has 1 saturated heterocycles. The van der Waals surface area contributed by atoms with E-state index in [1.807, 2.05) is 31.2 Å². The number of rotatable bonds is 8. The van der Waals surface area contributed by atoms with Gasteiger partial charge in [0.05, 0.1) is 6.61 Å². The lowest BCUT2D eigenvalue weighted by Gasteiger charge is -2.36. The number of anilines is 2. The zero-order chi connectivity index (χ0) is 19.6. The van der Waals surface area contributed by atoms with Crippen LogP contribution in [0.2, 0.25) is 0 Å². The number of piperazine rings is 1. The summed E-state index contributed by atoms with van der Waals surface area (Å²) in [7, 11) is 0. The fraction of sp³-hybridized carbons (Fsp3) is 0.409. The van der Waals surface area contributed by atoms with E-state index in [1.165, 1.54) is 5.69 Å². The van der Waals surface area contributed by atoms with Gasteiger partial charge in [-0.2, -0.15) is 0 Å². The number of hydrogen-bond acceptors (Lipinski definition) is 4. The topological polar surface area (TPSA) is 56.8 Å². The van der Waals surface area contributed by atoms with Gasteiger partial charge in [-0.25, -0.2) is 4.79 Å². The summed E-state index contributed by atoms with van der Waals surface area (Å²) < 4.78 is 5.83. The summed E-state index contributed by atoms with van der Waals surface area (Å²) in [5, 5.41) is 5.48. The van der Waals surface area contributed by atoms with Crippen molar-refractivity contribution in [1.82, 2.24) is 10.2 Å². The Morgan fingerprint density at radius 3 is 2.39 bits per heavy atom. The Morgan fingerprint density at radius 1 is 1.00 bits per heavy atom. The molecule has 150 valence electrons. The molecular weight excluding hydrogens is 352 g/mol. The molecule has 1 heterocycles. The molecule has 0 unspecified atom stereocenters. The minimum absolute atomic E-state index is 0.191. The lowest BCUT2D eigenvalue weighted by molar-refractivity contribution is 0.225. The molecule has 28 heavy (non-hydrogen) atoms. The van der Waals surface area contributed by atoms with E-state index >= 15 is 0 Å². The fourth-order valence-electron chi connectivity index (χ4n) is 3.32. The number of benzene rings is 2. The number of nitrogens with one attached hydrogen (secondary N) is 2. The van der Waals surface area contributed by atoms with Gasteiger partial charge in [-0.15, -0.1) is 0 Å². The average Bonchev–Trinajstić information content (AvgIpc) is 2.74. The van der Waals surface area contributed by atoms with Gasteiger partial charge in [0, 0.05) is 50.6 Å². The first kappa shape index (κ1) is 20.0. The molecule has 1 aliphatic heterocycles. The molecule has 0 atom stereocenters. The summed E-state index contributed by atoms with van der Waals surface area (Å²) in [6.45, 7) is 8.58. The first-order chi connectivity index (χ1) is 13.7. The summed E-state index contributed by atoms with van der Waals surface area (Å²) in [5.41, 5.74) is 2.07. The number of ether oxygens (including phenoxy) is 1. The Labute approximate surface area is 167 Å². The third-order valence-electron chi connectivity index (χ3n) is 4.83. The number of amides is 2. The quantitative estimate of drug-likeness (QED) is 0.687. The van der Waals surface area contributed by atoms with Crippen LogP contribution in [-0.4, -0.2) is 56.8 Å². The van der Waals surface area contributed by atoms with Crippen molar-refractivity contribution in [2.45, 2.75) is 13.3 Å². The van der Waals surface area contributed by atoms with Crippen LogP contribution in [0.3, 0.4) is 0 Å². The molecule has 0 saturated carbocycles. The van der Waals surface area contributed by atoms with Crippen LogP contribution in [0.1, 0.15) is 13.3 Å². The van der Waals surface area contributed by atoms with E-state index in [2.05, 4.69) is 50.8 Å². The molecule has 1 aliphatic rings. The number of urea groups is 1. The van der Waals surface area contributed by atoms with E-state index in [4.69, 9.17) is 4.74 Å². The zero-order valence-corrected chi connectivity index (χ0v) is 16.6. The minimum Gasteiger partial charge on any atom is -0.494 e. The summed E-state index contributed by atoms with van der Waals surface area (Å²) in [4.78, 5) is 16.4. The van der Waals surface area contributed by atoms with Crippen molar-refractivity contribution in [3.8, 4) is 5.75 Å².